The van der Waals surface area contributed by atoms with Crippen LogP contribution in [0.25, 0.3) is 27.5 Å². The molecule has 0 radical (unpaired) electrons. The summed E-state index contributed by atoms with van der Waals surface area (Å²) in [6.07, 6.45) is 0. The number of aryl methyl sites for hydroxylation is 1. The third kappa shape index (κ3) is 1.90. The fraction of sp³-hybridized carbons (Fsp3) is 0.0526. The van der Waals surface area contributed by atoms with Gasteiger partial charge in [-0.1, -0.05) is 52.3 Å². The molecule has 0 aliphatic rings. The highest BCUT2D eigenvalue weighted by atomic mass is 79.9. The Kier molecular flexibility index (Phi) is 2.86. The second kappa shape index (κ2) is 4.74. The van der Waals surface area contributed by atoms with Crippen molar-refractivity contribution in [3.05, 3.63) is 76.8 Å². The molecular weight excluding hydrogens is 322 g/mol. The van der Waals surface area contributed by atoms with Crippen LogP contribution in [0.15, 0.2) is 71.2 Å². The van der Waals surface area contributed by atoms with Gasteiger partial charge < -0.3 is 4.57 Å². The number of aromatic nitrogens is 1. The molecule has 3 aromatic carbocycles. The lowest BCUT2D eigenvalue weighted by Crippen LogP contribution is -1.93. The lowest BCUT2D eigenvalue weighted by molar-refractivity contribution is 1.17. The van der Waals surface area contributed by atoms with Crippen LogP contribution in [0.5, 0.6) is 0 Å². The second-order valence-corrected chi connectivity index (χ2v) is 6.18. The molecule has 0 atom stereocenters. The quantitative estimate of drug-likeness (QED) is 0.411. The van der Waals surface area contributed by atoms with Gasteiger partial charge in [-0.2, -0.15) is 0 Å². The van der Waals surface area contributed by atoms with Crippen LogP contribution in [-0.2, 0) is 0 Å². The first kappa shape index (κ1) is 12.7. The maximum atomic E-state index is 3.71. The van der Waals surface area contributed by atoms with Crippen LogP contribution in [0.4, 0.5) is 0 Å². The molecule has 0 N–H and O–H groups in total. The van der Waals surface area contributed by atoms with Gasteiger partial charge in [0.2, 0.25) is 0 Å². The Hall–Kier alpha value is -2.06. The molecule has 0 amide bonds. The highest BCUT2D eigenvalue weighted by Crippen LogP contribution is 2.36. The zero-order valence-corrected chi connectivity index (χ0v) is 13.3. The number of halogens is 1. The first-order valence-corrected chi connectivity index (χ1v) is 7.80. The average Bonchev–Trinajstić information content (AvgIpc) is 2.83. The van der Waals surface area contributed by atoms with Crippen LogP contribution in [0.3, 0.4) is 0 Å². The van der Waals surface area contributed by atoms with E-state index in [1.54, 1.807) is 0 Å². The summed E-state index contributed by atoms with van der Waals surface area (Å²) < 4.78 is 3.48. The molecule has 0 bridgehead atoms. The van der Waals surface area contributed by atoms with E-state index >= 15 is 0 Å². The van der Waals surface area contributed by atoms with Crippen molar-refractivity contribution in [2.24, 2.45) is 0 Å². The van der Waals surface area contributed by atoms with Crippen molar-refractivity contribution >= 4 is 37.7 Å². The van der Waals surface area contributed by atoms with Gasteiger partial charge in [-0.15, -0.1) is 0 Å². The molecule has 0 saturated heterocycles. The van der Waals surface area contributed by atoms with Crippen molar-refractivity contribution in [1.82, 2.24) is 4.57 Å². The number of para-hydroxylation sites is 1. The third-order valence-electron chi connectivity index (χ3n) is 3.91. The van der Waals surface area contributed by atoms with Gasteiger partial charge in [0.15, 0.2) is 0 Å². The van der Waals surface area contributed by atoms with Crippen molar-refractivity contribution in [3.8, 4) is 5.69 Å². The van der Waals surface area contributed by atoms with E-state index < -0.39 is 0 Å². The van der Waals surface area contributed by atoms with Crippen LogP contribution in [0.2, 0.25) is 0 Å². The summed E-state index contributed by atoms with van der Waals surface area (Å²) in [5.74, 6) is 0. The van der Waals surface area contributed by atoms with E-state index in [4.69, 9.17) is 0 Å². The van der Waals surface area contributed by atoms with E-state index in [1.807, 2.05) is 0 Å². The van der Waals surface area contributed by atoms with Gasteiger partial charge in [0.1, 0.15) is 0 Å². The highest BCUT2D eigenvalue weighted by molar-refractivity contribution is 9.10. The number of hydrogen-bond acceptors (Lipinski definition) is 0. The lowest BCUT2D eigenvalue weighted by atomic mass is 10.2. The molecule has 1 nitrogen and oxygen atoms in total. The minimum atomic E-state index is 1.14. The number of benzene rings is 3. The minimum absolute atomic E-state index is 1.14. The third-order valence-corrected chi connectivity index (χ3v) is 4.57. The molecular formula is C19H14BrN. The van der Waals surface area contributed by atoms with Crippen LogP contribution >= 0.6 is 15.9 Å². The Bertz CT molecular complexity index is 966. The molecule has 2 heteroatoms. The van der Waals surface area contributed by atoms with Crippen LogP contribution in [0.1, 0.15) is 5.56 Å². The molecule has 0 aliphatic heterocycles. The first-order valence-electron chi connectivity index (χ1n) is 7.00. The number of hydrogen-bond donors (Lipinski definition) is 0. The maximum Gasteiger partial charge on any atom is 0.0552 e. The van der Waals surface area contributed by atoms with Crippen LogP contribution in [-0.4, -0.2) is 4.57 Å². The summed E-state index contributed by atoms with van der Waals surface area (Å²) in [6.45, 7) is 2.13. The van der Waals surface area contributed by atoms with Gasteiger partial charge in [-0.05, 0) is 42.8 Å². The smallest absolute Gasteiger partial charge is 0.0552 e. The number of fused-ring (bicyclic) bond motifs is 3. The first-order chi connectivity index (χ1) is 10.3. The van der Waals surface area contributed by atoms with E-state index in [9.17, 15) is 0 Å². The molecule has 4 aromatic rings. The standard InChI is InChI=1S/C19H14BrN/c1-13-6-4-7-14(12-13)21-17-10-3-2-8-15(17)19-16(20)9-5-11-18(19)21/h2-12H,1H3. The molecule has 1 heterocycles. The van der Waals surface area contributed by atoms with E-state index in [0.29, 0.717) is 0 Å². The normalized spacial score (nSPS) is 11.3. The van der Waals surface area contributed by atoms with Gasteiger partial charge in [0.25, 0.3) is 0 Å². The molecule has 0 saturated carbocycles. The summed E-state index contributed by atoms with van der Waals surface area (Å²) in [5, 5.41) is 2.55. The molecule has 0 aliphatic carbocycles. The van der Waals surface area contributed by atoms with Crippen molar-refractivity contribution in [2.45, 2.75) is 6.92 Å². The van der Waals surface area contributed by atoms with Crippen LogP contribution < -0.4 is 0 Å². The SMILES string of the molecule is Cc1cccc(-n2c3ccccc3c3c(Br)cccc32)c1. The van der Waals surface area contributed by atoms with E-state index in [2.05, 4.69) is 94.2 Å². The Morgan fingerprint density at radius 1 is 0.810 bits per heavy atom. The van der Waals surface area contributed by atoms with Crippen molar-refractivity contribution in [1.29, 1.82) is 0 Å². The topological polar surface area (TPSA) is 4.93 Å². The molecule has 0 spiro atoms. The lowest BCUT2D eigenvalue weighted by Gasteiger charge is -2.08. The van der Waals surface area contributed by atoms with Crippen molar-refractivity contribution in [2.75, 3.05) is 0 Å². The minimum Gasteiger partial charge on any atom is -0.309 e. The van der Waals surface area contributed by atoms with E-state index in [0.717, 1.165) is 4.47 Å². The highest BCUT2D eigenvalue weighted by Gasteiger charge is 2.13. The fourth-order valence-corrected chi connectivity index (χ4v) is 3.59. The summed E-state index contributed by atoms with van der Waals surface area (Å²) in [5.41, 5.74) is 4.95. The molecule has 1 aromatic heterocycles. The van der Waals surface area contributed by atoms with Gasteiger partial charge in [-0.25, -0.2) is 0 Å². The predicted molar refractivity (Wildman–Crippen MR) is 93.2 cm³/mol. The predicted octanol–water partition coefficient (Wildman–Crippen LogP) is 5.85. The van der Waals surface area contributed by atoms with Gasteiger partial charge in [0, 0.05) is 20.9 Å². The van der Waals surface area contributed by atoms with Crippen LogP contribution in [0, 0.1) is 6.92 Å². The molecule has 0 unspecified atom stereocenters. The van der Waals surface area contributed by atoms with Crippen molar-refractivity contribution in [3.63, 3.8) is 0 Å². The summed E-state index contributed by atoms with van der Waals surface area (Å²) in [6, 6.07) is 23.6. The molecule has 102 valence electrons. The second-order valence-electron chi connectivity index (χ2n) is 5.33. The van der Waals surface area contributed by atoms with Crippen molar-refractivity contribution < 1.29 is 0 Å². The zero-order chi connectivity index (χ0) is 14.4. The number of nitrogens with zero attached hydrogens (tertiary/aromatic N) is 1. The largest absolute Gasteiger partial charge is 0.309 e. The Labute approximate surface area is 132 Å². The average molecular weight is 336 g/mol. The molecule has 21 heavy (non-hydrogen) atoms. The maximum absolute atomic E-state index is 3.71. The molecule has 0 fully saturated rings. The monoisotopic (exact) mass is 335 g/mol. The number of rotatable bonds is 1. The van der Waals surface area contributed by atoms with E-state index in [1.165, 1.54) is 33.1 Å². The van der Waals surface area contributed by atoms with Gasteiger partial charge in [0.05, 0.1) is 11.0 Å². The Morgan fingerprint density at radius 2 is 1.57 bits per heavy atom. The van der Waals surface area contributed by atoms with Gasteiger partial charge in [-0.3, -0.25) is 0 Å². The summed E-state index contributed by atoms with van der Waals surface area (Å²) >= 11 is 3.71. The molecule has 4 rings (SSSR count). The van der Waals surface area contributed by atoms with E-state index in [-0.39, 0.29) is 0 Å². The van der Waals surface area contributed by atoms with Gasteiger partial charge >= 0.3 is 0 Å². The zero-order valence-electron chi connectivity index (χ0n) is 11.7. The summed E-state index contributed by atoms with van der Waals surface area (Å²) in [7, 11) is 0. The Morgan fingerprint density at radius 3 is 2.43 bits per heavy atom. The summed E-state index contributed by atoms with van der Waals surface area (Å²) in [4.78, 5) is 0. The fourth-order valence-electron chi connectivity index (χ4n) is 3.02. The Balaban J connectivity index is 2.23.